The Morgan fingerprint density at radius 1 is 1.44 bits per heavy atom. The van der Waals surface area contributed by atoms with Crippen LogP contribution in [-0.4, -0.2) is 5.88 Å². The summed E-state index contributed by atoms with van der Waals surface area (Å²) >= 11 is 5.53. The first kappa shape index (κ1) is 9.03. The molecule has 0 nitrogen and oxygen atoms in total. The molecule has 0 saturated carbocycles. The minimum absolute atomic E-state index is 0.670. The molecule has 0 aromatic heterocycles. The second-order valence-corrected chi connectivity index (χ2v) is 2.43. The van der Waals surface area contributed by atoms with Crippen LogP contribution in [0.5, 0.6) is 0 Å². The van der Waals surface area contributed by atoms with Gasteiger partial charge < -0.3 is 0 Å². The zero-order valence-corrected chi connectivity index (χ0v) is 7.04. The number of hydrogen-bond acceptors (Lipinski definition) is 0. The molecule has 0 rings (SSSR count). The van der Waals surface area contributed by atoms with Crippen molar-refractivity contribution in [1.29, 1.82) is 0 Å². The summed E-state index contributed by atoms with van der Waals surface area (Å²) in [4.78, 5) is 0. The van der Waals surface area contributed by atoms with Crippen LogP contribution in [0.2, 0.25) is 0 Å². The molecule has 0 radical (unpaired) electrons. The Kier molecular flexibility index (Phi) is 6.18. The van der Waals surface area contributed by atoms with Crippen LogP contribution < -0.4 is 0 Å². The summed E-state index contributed by atoms with van der Waals surface area (Å²) in [6.45, 7) is 4.37. The Bertz CT molecular complexity index is 84.6. The van der Waals surface area contributed by atoms with Gasteiger partial charge in [-0.25, -0.2) is 0 Å². The quantitative estimate of drug-likeness (QED) is 0.422. The normalized spacial score (nSPS) is 12.1. The molecule has 1 heteroatoms. The van der Waals surface area contributed by atoms with Crippen molar-refractivity contribution in [2.45, 2.75) is 33.1 Å². The molecule has 0 amide bonds. The molecule has 0 fully saturated rings. The smallest absolute Gasteiger partial charge is 0.0406 e. The van der Waals surface area contributed by atoms with E-state index in [9.17, 15) is 0 Å². The molecule has 0 bridgehead atoms. The van der Waals surface area contributed by atoms with Crippen LogP contribution in [0.1, 0.15) is 33.1 Å². The number of alkyl halides is 1. The van der Waals surface area contributed by atoms with E-state index in [4.69, 9.17) is 11.6 Å². The summed E-state index contributed by atoms with van der Waals surface area (Å²) in [5, 5.41) is 0. The molecule has 9 heavy (non-hydrogen) atoms. The van der Waals surface area contributed by atoms with Gasteiger partial charge in [-0.05, 0) is 12.8 Å². The largest absolute Gasteiger partial charge is 0.122 e. The third-order valence-corrected chi connectivity index (χ3v) is 1.55. The molecule has 0 aromatic rings. The molecular weight excluding hydrogens is 132 g/mol. The Balaban J connectivity index is 3.53. The van der Waals surface area contributed by atoms with Gasteiger partial charge in [-0.3, -0.25) is 0 Å². The molecule has 0 aromatic carbocycles. The Labute approximate surface area is 62.9 Å². The van der Waals surface area contributed by atoms with E-state index in [-0.39, 0.29) is 0 Å². The average molecular weight is 147 g/mol. The summed E-state index contributed by atoms with van der Waals surface area (Å²) in [5.74, 6) is 0.670. The van der Waals surface area contributed by atoms with E-state index in [1.165, 1.54) is 18.4 Å². The summed E-state index contributed by atoms with van der Waals surface area (Å²) in [5.41, 5.74) is 1.49. The molecule has 0 spiro atoms. The summed E-state index contributed by atoms with van der Waals surface area (Å²) in [6, 6.07) is 0. The highest BCUT2D eigenvalue weighted by atomic mass is 35.5. The Morgan fingerprint density at radius 2 is 2.11 bits per heavy atom. The maximum absolute atomic E-state index is 5.53. The highest BCUT2D eigenvalue weighted by molar-refractivity contribution is 6.18. The van der Waals surface area contributed by atoms with Crippen LogP contribution in [0.4, 0.5) is 0 Å². The lowest BCUT2D eigenvalue weighted by molar-refractivity contribution is 0.856. The Hall–Kier alpha value is 0.0300. The minimum atomic E-state index is 0.670. The highest BCUT2D eigenvalue weighted by Gasteiger charge is 1.89. The molecule has 0 aliphatic heterocycles. The number of halogens is 1. The predicted molar refractivity (Wildman–Crippen MR) is 44.0 cm³/mol. The lowest BCUT2D eigenvalue weighted by Crippen LogP contribution is -1.80. The van der Waals surface area contributed by atoms with E-state index in [0.717, 1.165) is 6.42 Å². The van der Waals surface area contributed by atoms with E-state index in [0.29, 0.717) is 5.88 Å². The second-order valence-electron chi connectivity index (χ2n) is 2.12. The molecule has 54 valence electrons. The fourth-order valence-electron chi connectivity index (χ4n) is 0.853. The molecule has 0 heterocycles. The van der Waals surface area contributed by atoms with Crippen LogP contribution in [0.3, 0.4) is 0 Å². The van der Waals surface area contributed by atoms with Crippen LogP contribution in [-0.2, 0) is 0 Å². The van der Waals surface area contributed by atoms with Gasteiger partial charge in [0.05, 0.1) is 0 Å². The fourth-order valence-corrected chi connectivity index (χ4v) is 1.07. The van der Waals surface area contributed by atoms with Crippen molar-refractivity contribution in [3.8, 4) is 0 Å². The van der Waals surface area contributed by atoms with Gasteiger partial charge in [0.25, 0.3) is 0 Å². The first-order valence-corrected chi connectivity index (χ1v) is 4.12. The van der Waals surface area contributed by atoms with E-state index in [2.05, 4.69) is 19.9 Å². The monoisotopic (exact) mass is 146 g/mol. The maximum atomic E-state index is 5.53. The van der Waals surface area contributed by atoms with E-state index in [1.807, 2.05) is 0 Å². The molecule has 0 N–H and O–H groups in total. The Morgan fingerprint density at radius 3 is 2.44 bits per heavy atom. The molecule has 0 aliphatic rings. The fraction of sp³-hybridized carbons (Fsp3) is 0.750. The third-order valence-electron chi connectivity index (χ3n) is 1.39. The average Bonchev–Trinajstić information content (AvgIpc) is 1.88. The van der Waals surface area contributed by atoms with Crippen molar-refractivity contribution in [3.63, 3.8) is 0 Å². The third kappa shape index (κ3) is 4.53. The maximum Gasteiger partial charge on any atom is 0.0406 e. The first-order chi connectivity index (χ1) is 4.35. The van der Waals surface area contributed by atoms with Crippen LogP contribution in [0.25, 0.3) is 0 Å². The van der Waals surface area contributed by atoms with Gasteiger partial charge in [0.1, 0.15) is 0 Å². The zero-order chi connectivity index (χ0) is 7.11. The summed E-state index contributed by atoms with van der Waals surface area (Å²) < 4.78 is 0. The van der Waals surface area contributed by atoms with Crippen LogP contribution in [0.15, 0.2) is 11.6 Å². The number of allylic oxidation sites excluding steroid dienone is 2. The first-order valence-electron chi connectivity index (χ1n) is 3.59. The topological polar surface area (TPSA) is 0 Å². The van der Waals surface area contributed by atoms with Gasteiger partial charge in [-0.2, -0.15) is 0 Å². The molecule has 0 unspecified atom stereocenters. The van der Waals surface area contributed by atoms with E-state index >= 15 is 0 Å². The molecular formula is C8H15Cl. The molecule has 0 aliphatic carbocycles. The standard InChI is InChI=1S/C8H15Cl/c1-3-5-8(4-2)6-7-9/h6H,3-5,7H2,1-2H3/b8-6+. The molecule has 0 saturated heterocycles. The second kappa shape index (κ2) is 6.15. The van der Waals surface area contributed by atoms with Crippen molar-refractivity contribution in [2.24, 2.45) is 0 Å². The number of rotatable bonds is 4. The van der Waals surface area contributed by atoms with Gasteiger partial charge in [0.2, 0.25) is 0 Å². The van der Waals surface area contributed by atoms with E-state index < -0.39 is 0 Å². The summed E-state index contributed by atoms with van der Waals surface area (Å²) in [7, 11) is 0. The lowest BCUT2D eigenvalue weighted by atomic mass is 10.1. The zero-order valence-electron chi connectivity index (χ0n) is 6.28. The van der Waals surface area contributed by atoms with Crippen molar-refractivity contribution >= 4 is 11.6 Å². The van der Waals surface area contributed by atoms with Crippen molar-refractivity contribution < 1.29 is 0 Å². The van der Waals surface area contributed by atoms with Gasteiger partial charge in [0, 0.05) is 5.88 Å². The van der Waals surface area contributed by atoms with Crippen molar-refractivity contribution in [3.05, 3.63) is 11.6 Å². The predicted octanol–water partition coefficient (Wildman–Crippen LogP) is 3.36. The van der Waals surface area contributed by atoms with E-state index in [1.54, 1.807) is 0 Å². The SMILES string of the molecule is CCC/C(=C/CCl)CC. The lowest BCUT2D eigenvalue weighted by Gasteiger charge is -1.98. The van der Waals surface area contributed by atoms with Gasteiger partial charge in [0.15, 0.2) is 0 Å². The van der Waals surface area contributed by atoms with Crippen LogP contribution >= 0.6 is 11.6 Å². The minimum Gasteiger partial charge on any atom is -0.122 e. The van der Waals surface area contributed by atoms with Crippen molar-refractivity contribution in [2.75, 3.05) is 5.88 Å². The van der Waals surface area contributed by atoms with Gasteiger partial charge in [-0.15, -0.1) is 11.6 Å². The van der Waals surface area contributed by atoms with Gasteiger partial charge >= 0.3 is 0 Å². The highest BCUT2D eigenvalue weighted by Crippen LogP contribution is 2.08. The van der Waals surface area contributed by atoms with Crippen molar-refractivity contribution in [1.82, 2.24) is 0 Å². The summed E-state index contributed by atoms with van der Waals surface area (Å²) in [6.07, 6.45) is 5.71. The number of hydrogen-bond donors (Lipinski definition) is 0. The van der Waals surface area contributed by atoms with Gasteiger partial charge in [-0.1, -0.05) is 31.9 Å². The van der Waals surface area contributed by atoms with Crippen LogP contribution in [0, 0.1) is 0 Å². The molecule has 0 atom stereocenters.